The van der Waals surface area contributed by atoms with Gasteiger partial charge in [-0.2, -0.15) is 4.31 Å². The molecule has 1 aliphatic carbocycles. The zero-order chi connectivity index (χ0) is 14.9. The fraction of sp³-hybridized carbons (Fsp3) is 0.600. The number of halogens is 1. The lowest BCUT2D eigenvalue weighted by molar-refractivity contribution is 0.180. The van der Waals surface area contributed by atoms with Gasteiger partial charge in [0.15, 0.2) is 0 Å². The van der Waals surface area contributed by atoms with Gasteiger partial charge in [0.1, 0.15) is 0 Å². The molecule has 1 saturated carbocycles. The van der Waals surface area contributed by atoms with Crippen molar-refractivity contribution >= 4 is 26.0 Å². The monoisotopic (exact) mass is 373 g/mol. The Morgan fingerprint density at radius 3 is 2.43 bits per heavy atom. The van der Waals surface area contributed by atoms with Crippen LogP contribution >= 0.6 is 15.9 Å². The molecule has 0 amide bonds. The Labute approximate surface area is 134 Å². The van der Waals surface area contributed by atoms with Crippen LogP contribution in [0.5, 0.6) is 0 Å². The van der Waals surface area contributed by atoms with E-state index in [1.165, 1.54) is 0 Å². The summed E-state index contributed by atoms with van der Waals surface area (Å²) in [5, 5.41) is 0.735. The van der Waals surface area contributed by atoms with E-state index in [9.17, 15) is 8.42 Å². The Balaban J connectivity index is 1.81. The van der Waals surface area contributed by atoms with Gasteiger partial charge in [0.05, 0.1) is 11.5 Å². The Bertz CT molecular complexity index is 577. The Morgan fingerprint density at radius 1 is 1.19 bits per heavy atom. The number of hydrogen-bond acceptors (Lipinski definition) is 3. The predicted octanol–water partition coefficient (Wildman–Crippen LogP) is 2.77. The van der Waals surface area contributed by atoms with Crippen LogP contribution in [0, 0.1) is 5.92 Å². The standard InChI is InChI=1S/C15H20BrNO3S/c16-9-12-1-5-15(6-2-12)21(18,19)17(14-3-4-14)10-13-7-8-20-11-13/h1-2,5-6,13-14H,3-4,7-11H2. The highest BCUT2D eigenvalue weighted by Crippen LogP contribution is 2.33. The quantitative estimate of drug-likeness (QED) is 0.720. The molecule has 0 bridgehead atoms. The van der Waals surface area contributed by atoms with Gasteiger partial charge in [0, 0.05) is 24.5 Å². The highest BCUT2D eigenvalue weighted by Gasteiger charge is 2.39. The fourth-order valence-electron chi connectivity index (χ4n) is 2.67. The van der Waals surface area contributed by atoms with Crippen LogP contribution in [-0.4, -0.2) is 38.5 Å². The number of hydrogen-bond donors (Lipinski definition) is 0. The fourth-order valence-corrected chi connectivity index (χ4v) is 4.81. The minimum Gasteiger partial charge on any atom is -0.381 e. The molecule has 6 heteroatoms. The molecular formula is C15H20BrNO3S. The summed E-state index contributed by atoms with van der Waals surface area (Å²) in [7, 11) is -3.39. The molecule has 1 unspecified atom stereocenters. The summed E-state index contributed by atoms with van der Waals surface area (Å²) in [5.41, 5.74) is 1.08. The predicted molar refractivity (Wildman–Crippen MR) is 84.9 cm³/mol. The van der Waals surface area contributed by atoms with E-state index in [4.69, 9.17) is 4.74 Å². The summed E-state index contributed by atoms with van der Waals surface area (Å²) in [4.78, 5) is 0.401. The van der Waals surface area contributed by atoms with Crippen LogP contribution in [0.15, 0.2) is 29.2 Å². The zero-order valence-corrected chi connectivity index (χ0v) is 14.3. The van der Waals surface area contributed by atoms with Crippen molar-refractivity contribution < 1.29 is 13.2 Å². The minimum absolute atomic E-state index is 0.187. The van der Waals surface area contributed by atoms with Gasteiger partial charge >= 0.3 is 0 Å². The van der Waals surface area contributed by atoms with Crippen LogP contribution in [-0.2, 0) is 20.1 Å². The van der Waals surface area contributed by atoms with Crippen molar-refractivity contribution in [2.75, 3.05) is 19.8 Å². The van der Waals surface area contributed by atoms with Crippen molar-refractivity contribution in [1.82, 2.24) is 4.31 Å². The Morgan fingerprint density at radius 2 is 1.90 bits per heavy atom. The van der Waals surface area contributed by atoms with Crippen LogP contribution in [0.25, 0.3) is 0 Å². The van der Waals surface area contributed by atoms with E-state index in [0.717, 1.165) is 36.8 Å². The van der Waals surface area contributed by atoms with Gasteiger partial charge in [0.25, 0.3) is 0 Å². The molecule has 2 aliphatic rings. The third-order valence-corrected chi connectivity index (χ3v) is 6.68. The molecule has 21 heavy (non-hydrogen) atoms. The molecule has 3 rings (SSSR count). The molecule has 116 valence electrons. The smallest absolute Gasteiger partial charge is 0.243 e. The maximum Gasteiger partial charge on any atom is 0.243 e. The molecule has 0 spiro atoms. The molecule has 0 aromatic heterocycles. The maximum absolute atomic E-state index is 12.9. The van der Waals surface area contributed by atoms with Crippen LogP contribution in [0.4, 0.5) is 0 Å². The first kappa shape index (κ1) is 15.5. The summed E-state index contributed by atoms with van der Waals surface area (Å²) in [6.07, 6.45) is 2.92. The van der Waals surface area contributed by atoms with E-state index in [-0.39, 0.29) is 6.04 Å². The first-order chi connectivity index (χ1) is 10.1. The van der Waals surface area contributed by atoms with Gasteiger partial charge in [-0.3, -0.25) is 0 Å². The number of alkyl halides is 1. The molecule has 0 N–H and O–H groups in total. The number of rotatable bonds is 6. The number of nitrogens with zero attached hydrogens (tertiary/aromatic N) is 1. The summed E-state index contributed by atoms with van der Waals surface area (Å²) in [6, 6.07) is 7.35. The largest absolute Gasteiger partial charge is 0.381 e. The van der Waals surface area contributed by atoms with Crippen molar-refractivity contribution in [1.29, 1.82) is 0 Å². The van der Waals surface area contributed by atoms with Gasteiger partial charge in [-0.1, -0.05) is 28.1 Å². The highest BCUT2D eigenvalue weighted by atomic mass is 79.9. The minimum atomic E-state index is -3.39. The van der Waals surface area contributed by atoms with Crippen LogP contribution in [0.3, 0.4) is 0 Å². The van der Waals surface area contributed by atoms with Gasteiger partial charge in [0.2, 0.25) is 10.0 Å². The third-order valence-electron chi connectivity index (χ3n) is 4.10. The number of sulfonamides is 1. The second-order valence-electron chi connectivity index (χ2n) is 5.81. The lowest BCUT2D eigenvalue weighted by atomic mass is 10.1. The van der Waals surface area contributed by atoms with Crippen molar-refractivity contribution in [2.45, 2.75) is 35.5 Å². The van der Waals surface area contributed by atoms with E-state index in [2.05, 4.69) is 15.9 Å². The SMILES string of the molecule is O=S(=O)(c1ccc(CBr)cc1)N(CC1CCOC1)C1CC1. The van der Waals surface area contributed by atoms with Crippen LogP contribution in [0.1, 0.15) is 24.8 Å². The number of benzene rings is 1. The molecule has 4 nitrogen and oxygen atoms in total. The van der Waals surface area contributed by atoms with Crippen molar-refractivity contribution in [3.05, 3.63) is 29.8 Å². The topological polar surface area (TPSA) is 46.6 Å². The van der Waals surface area contributed by atoms with Crippen molar-refractivity contribution in [3.63, 3.8) is 0 Å². The van der Waals surface area contributed by atoms with Gasteiger partial charge in [-0.25, -0.2) is 8.42 Å². The van der Waals surface area contributed by atoms with E-state index >= 15 is 0 Å². The molecule has 1 aromatic carbocycles. The summed E-state index contributed by atoms with van der Waals surface area (Å²) in [5.74, 6) is 0.335. The molecule has 1 aromatic rings. The summed E-state index contributed by atoms with van der Waals surface area (Å²) >= 11 is 3.38. The van der Waals surface area contributed by atoms with Gasteiger partial charge in [-0.15, -0.1) is 0 Å². The molecule has 1 atom stereocenters. The van der Waals surface area contributed by atoms with Gasteiger partial charge < -0.3 is 4.74 Å². The molecule has 2 fully saturated rings. The van der Waals surface area contributed by atoms with Crippen LogP contribution in [0.2, 0.25) is 0 Å². The second kappa shape index (κ2) is 6.36. The van der Waals surface area contributed by atoms with Crippen molar-refractivity contribution in [2.24, 2.45) is 5.92 Å². The normalized spacial score (nSPS) is 22.9. The zero-order valence-electron chi connectivity index (χ0n) is 11.9. The molecule has 0 radical (unpaired) electrons. The lowest BCUT2D eigenvalue weighted by Gasteiger charge is -2.24. The first-order valence-electron chi connectivity index (χ1n) is 7.36. The second-order valence-corrected chi connectivity index (χ2v) is 8.26. The lowest BCUT2D eigenvalue weighted by Crippen LogP contribution is -2.37. The van der Waals surface area contributed by atoms with E-state index in [1.54, 1.807) is 16.4 Å². The van der Waals surface area contributed by atoms with E-state index in [0.29, 0.717) is 24.0 Å². The number of ether oxygens (including phenoxy) is 1. The molecule has 1 aliphatic heterocycles. The van der Waals surface area contributed by atoms with Crippen molar-refractivity contribution in [3.8, 4) is 0 Å². The summed E-state index contributed by atoms with van der Waals surface area (Å²) < 4.78 is 32.8. The van der Waals surface area contributed by atoms with E-state index in [1.807, 2.05) is 12.1 Å². The van der Waals surface area contributed by atoms with Crippen LogP contribution < -0.4 is 0 Å². The molecule has 1 heterocycles. The third kappa shape index (κ3) is 3.50. The first-order valence-corrected chi connectivity index (χ1v) is 9.92. The summed E-state index contributed by atoms with van der Waals surface area (Å²) in [6.45, 7) is 2.03. The Hall–Kier alpha value is -0.430. The highest BCUT2D eigenvalue weighted by molar-refractivity contribution is 9.08. The average Bonchev–Trinajstić information content (AvgIpc) is 3.20. The van der Waals surface area contributed by atoms with Gasteiger partial charge in [-0.05, 0) is 42.9 Å². The average molecular weight is 374 g/mol. The maximum atomic E-state index is 12.9. The van der Waals surface area contributed by atoms with E-state index < -0.39 is 10.0 Å². The molecular weight excluding hydrogens is 354 g/mol. The Kier molecular flexibility index (Phi) is 4.69. The molecule has 1 saturated heterocycles.